The highest BCUT2D eigenvalue weighted by Gasteiger charge is 2.34. The van der Waals surface area contributed by atoms with Gasteiger partial charge in [0, 0.05) is 0 Å². The molecule has 1 aliphatic heterocycles. The number of carbonyl (C=O) groups excluding carboxylic acids is 2. The van der Waals surface area contributed by atoms with E-state index in [0.29, 0.717) is 27.8 Å². The lowest BCUT2D eigenvalue weighted by molar-refractivity contribution is -0.117. The molecule has 1 fully saturated rings. The minimum atomic E-state index is -0.516. The normalized spacial score (nSPS) is 15.4. The molecule has 0 bridgehead atoms. The molecule has 0 atom stereocenters. The SMILES string of the molecule is COc1cc(C=C2C(=O)NN(c3ccc(Cl)c(Cl)c3)C2=O)ccc1OC(C)C. The van der Waals surface area contributed by atoms with Gasteiger partial charge in [0.25, 0.3) is 11.8 Å². The number of anilines is 1. The summed E-state index contributed by atoms with van der Waals surface area (Å²) in [5.41, 5.74) is 3.55. The average Bonchev–Trinajstić information content (AvgIpc) is 2.93. The van der Waals surface area contributed by atoms with Crippen LogP contribution in [0.3, 0.4) is 0 Å². The second kappa shape index (κ2) is 8.12. The van der Waals surface area contributed by atoms with Gasteiger partial charge in [-0.1, -0.05) is 29.3 Å². The summed E-state index contributed by atoms with van der Waals surface area (Å²) in [7, 11) is 1.53. The van der Waals surface area contributed by atoms with Gasteiger partial charge in [0.2, 0.25) is 0 Å². The van der Waals surface area contributed by atoms with Crippen molar-refractivity contribution in [3.63, 3.8) is 0 Å². The van der Waals surface area contributed by atoms with Crippen molar-refractivity contribution in [2.45, 2.75) is 20.0 Å². The van der Waals surface area contributed by atoms with Crippen molar-refractivity contribution in [2.24, 2.45) is 0 Å². The molecule has 1 heterocycles. The summed E-state index contributed by atoms with van der Waals surface area (Å²) >= 11 is 11.9. The number of carbonyl (C=O) groups is 2. The third-order valence-corrected chi connectivity index (χ3v) is 4.65. The highest BCUT2D eigenvalue weighted by molar-refractivity contribution is 6.42. The molecule has 1 N–H and O–H groups in total. The maximum atomic E-state index is 12.7. The number of ether oxygens (including phenoxy) is 2. The predicted octanol–water partition coefficient (Wildman–Crippen LogP) is 4.25. The maximum absolute atomic E-state index is 12.7. The Labute approximate surface area is 172 Å². The number of benzene rings is 2. The van der Waals surface area contributed by atoms with Crippen molar-refractivity contribution in [3.05, 3.63) is 57.6 Å². The largest absolute Gasteiger partial charge is 0.493 e. The van der Waals surface area contributed by atoms with Crippen LogP contribution in [-0.4, -0.2) is 25.0 Å². The van der Waals surface area contributed by atoms with Crippen LogP contribution < -0.4 is 19.9 Å². The first-order valence-corrected chi connectivity index (χ1v) is 9.22. The fourth-order valence-corrected chi connectivity index (χ4v) is 2.95. The molecule has 1 aliphatic rings. The average molecular weight is 421 g/mol. The van der Waals surface area contributed by atoms with E-state index in [1.807, 2.05) is 13.8 Å². The molecule has 2 aromatic carbocycles. The Morgan fingerprint density at radius 3 is 2.43 bits per heavy atom. The van der Waals surface area contributed by atoms with Crippen LogP contribution in [0.4, 0.5) is 5.69 Å². The molecule has 0 aromatic heterocycles. The van der Waals surface area contributed by atoms with Gasteiger partial charge in [-0.25, -0.2) is 5.01 Å². The lowest BCUT2D eigenvalue weighted by Gasteiger charge is -2.15. The van der Waals surface area contributed by atoms with E-state index in [2.05, 4.69) is 5.43 Å². The molecule has 3 rings (SSSR count). The lowest BCUT2D eigenvalue weighted by Crippen LogP contribution is -2.35. The molecule has 0 spiro atoms. The maximum Gasteiger partial charge on any atom is 0.282 e. The van der Waals surface area contributed by atoms with Crippen LogP contribution in [-0.2, 0) is 9.59 Å². The Kier molecular flexibility index (Phi) is 5.82. The van der Waals surface area contributed by atoms with Crippen LogP contribution in [0.2, 0.25) is 10.0 Å². The van der Waals surface area contributed by atoms with E-state index in [-0.39, 0.29) is 16.7 Å². The van der Waals surface area contributed by atoms with E-state index in [0.717, 1.165) is 5.01 Å². The fraction of sp³-hybridized carbons (Fsp3) is 0.200. The Morgan fingerprint density at radius 2 is 1.79 bits per heavy atom. The highest BCUT2D eigenvalue weighted by Crippen LogP contribution is 2.31. The number of methoxy groups -OCH3 is 1. The van der Waals surface area contributed by atoms with Crippen molar-refractivity contribution >= 4 is 46.8 Å². The van der Waals surface area contributed by atoms with Crippen LogP contribution in [0.5, 0.6) is 11.5 Å². The Balaban J connectivity index is 1.91. The van der Waals surface area contributed by atoms with Crippen LogP contribution >= 0.6 is 23.2 Å². The van der Waals surface area contributed by atoms with Gasteiger partial charge in [-0.3, -0.25) is 15.0 Å². The first-order valence-electron chi connectivity index (χ1n) is 8.47. The summed E-state index contributed by atoms with van der Waals surface area (Å²) in [6.07, 6.45) is 1.48. The van der Waals surface area contributed by atoms with Gasteiger partial charge in [-0.05, 0) is 55.8 Å². The molecule has 0 unspecified atom stereocenters. The van der Waals surface area contributed by atoms with E-state index in [9.17, 15) is 9.59 Å². The third kappa shape index (κ3) is 4.08. The first-order chi connectivity index (χ1) is 13.3. The molecule has 146 valence electrons. The predicted molar refractivity (Wildman–Crippen MR) is 109 cm³/mol. The summed E-state index contributed by atoms with van der Waals surface area (Å²) < 4.78 is 11.0. The van der Waals surface area contributed by atoms with Gasteiger partial charge in [-0.15, -0.1) is 0 Å². The van der Waals surface area contributed by atoms with Gasteiger partial charge in [-0.2, -0.15) is 0 Å². The number of halogens is 2. The number of amides is 2. The Morgan fingerprint density at radius 1 is 1.04 bits per heavy atom. The topological polar surface area (TPSA) is 67.9 Å². The summed E-state index contributed by atoms with van der Waals surface area (Å²) in [4.78, 5) is 25.1. The van der Waals surface area contributed by atoms with Gasteiger partial charge < -0.3 is 9.47 Å². The molecule has 6 nitrogen and oxygen atoms in total. The number of hydrazine groups is 1. The van der Waals surface area contributed by atoms with Gasteiger partial charge in [0.15, 0.2) is 11.5 Å². The molecular formula is C20H18Cl2N2O4. The minimum absolute atomic E-state index is 0.00865. The smallest absolute Gasteiger partial charge is 0.282 e. The molecule has 0 radical (unpaired) electrons. The monoisotopic (exact) mass is 420 g/mol. The second-order valence-corrected chi connectivity index (χ2v) is 7.13. The lowest BCUT2D eigenvalue weighted by atomic mass is 10.1. The van der Waals surface area contributed by atoms with Gasteiger partial charge >= 0.3 is 0 Å². The molecule has 0 saturated carbocycles. The summed E-state index contributed by atoms with van der Waals surface area (Å²) in [6.45, 7) is 3.82. The zero-order valence-electron chi connectivity index (χ0n) is 15.5. The number of rotatable bonds is 5. The van der Waals surface area contributed by atoms with E-state index < -0.39 is 11.8 Å². The zero-order valence-corrected chi connectivity index (χ0v) is 17.0. The van der Waals surface area contributed by atoms with E-state index in [1.54, 1.807) is 30.3 Å². The molecule has 1 saturated heterocycles. The van der Waals surface area contributed by atoms with Crippen LogP contribution in [0, 0.1) is 0 Å². The number of nitrogens with one attached hydrogen (secondary N) is 1. The van der Waals surface area contributed by atoms with Crippen molar-refractivity contribution in [1.82, 2.24) is 5.43 Å². The number of hydrogen-bond acceptors (Lipinski definition) is 4. The van der Waals surface area contributed by atoms with Gasteiger partial charge in [0.05, 0.1) is 28.9 Å². The van der Waals surface area contributed by atoms with Crippen LogP contribution in [0.25, 0.3) is 6.08 Å². The minimum Gasteiger partial charge on any atom is -0.493 e. The van der Waals surface area contributed by atoms with Crippen LogP contribution in [0.15, 0.2) is 42.0 Å². The Hall–Kier alpha value is -2.70. The van der Waals surface area contributed by atoms with Crippen molar-refractivity contribution in [3.8, 4) is 11.5 Å². The third-order valence-electron chi connectivity index (χ3n) is 3.91. The summed E-state index contributed by atoms with van der Waals surface area (Å²) in [6, 6.07) is 9.84. The second-order valence-electron chi connectivity index (χ2n) is 6.31. The standard InChI is InChI=1S/C20H18Cl2N2O4/c1-11(2)28-17-7-4-12(9-18(17)27-3)8-14-19(25)23-24(20(14)26)13-5-6-15(21)16(22)10-13/h4-11H,1-3H3,(H,23,25). The van der Waals surface area contributed by atoms with E-state index in [4.69, 9.17) is 32.7 Å². The first kappa shape index (κ1) is 20.0. The zero-order chi connectivity index (χ0) is 20.4. The molecule has 2 aromatic rings. The highest BCUT2D eigenvalue weighted by atomic mass is 35.5. The van der Waals surface area contributed by atoms with Crippen molar-refractivity contribution in [2.75, 3.05) is 12.1 Å². The van der Waals surface area contributed by atoms with Crippen molar-refractivity contribution in [1.29, 1.82) is 0 Å². The van der Waals surface area contributed by atoms with E-state index in [1.165, 1.54) is 19.3 Å². The Bertz CT molecular complexity index is 973. The van der Waals surface area contributed by atoms with E-state index >= 15 is 0 Å². The fourth-order valence-electron chi connectivity index (χ4n) is 2.66. The van der Waals surface area contributed by atoms with Crippen LogP contribution in [0.1, 0.15) is 19.4 Å². The quantitative estimate of drug-likeness (QED) is 0.579. The van der Waals surface area contributed by atoms with Gasteiger partial charge in [0.1, 0.15) is 5.57 Å². The summed E-state index contributed by atoms with van der Waals surface area (Å²) in [5.74, 6) is 0.0805. The summed E-state index contributed by atoms with van der Waals surface area (Å²) in [5, 5.41) is 1.77. The molecule has 8 heteroatoms. The number of hydrogen-bond donors (Lipinski definition) is 1. The molecular weight excluding hydrogens is 403 g/mol. The van der Waals surface area contributed by atoms with Crippen molar-refractivity contribution < 1.29 is 19.1 Å². The molecule has 0 aliphatic carbocycles. The number of nitrogens with zero attached hydrogens (tertiary/aromatic N) is 1. The molecule has 28 heavy (non-hydrogen) atoms. The molecule has 2 amide bonds.